The van der Waals surface area contributed by atoms with Crippen molar-refractivity contribution in [1.82, 2.24) is 19.7 Å². The molecule has 0 amide bonds. The zero-order valence-corrected chi connectivity index (χ0v) is 16.7. The predicted octanol–water partition coefficient (Wildman–Crippen LogP) is 3.68. The van der Waals surface area contributed by atoms with Crippen LogP contribution in [0.15, 0.2) is 24.4 Å². The van der Waals surface area contributed by atoms with E-state index < -0.39 is 0 Å². The first-order valence-electron chi connectivity index (χ1n) is 9.04. The minimum atomic E-state index is 0.134. The number of aryl methyl sites for hydroxylation is 2. The van der Waals surface area contributed by atoms with Crippen LogP contribution in [0.3, 0.4) is 0 Å². The second-order valence-corrected chi connectivity index (χ2v) is 7.56. The predicted molar refractivity (Wildman–Crippen MR) is 108 cm³/mol. The number of nitrogens with zero attached hydrogens (tertiary/aromatic N) is 5. The second-order valence-electron chi connectivity index (χ2n) is 7.12. The number of fused-ring (bicyclic) bond motifs is 1. The Hall–Kier alpha value is -2.38. The first kappa shape index (κ1) is 18.0. The minimum Gasteiger partial charge on any atom is -0.372 e. The van der Waals surface area contributed by atoms with Gasteiger partial charge in [-0.05, 0) is 44.5 Å². The van der Waals surface area contributed by atoms with E-state index in [0.717, 1.165) is 41.2 Å². The summed E-state index contributed by atoms with van der Waals surface area (Å²) in [6.07, 6.45) is 2.06. The molecule has 0 saturated carbocycles. The van der Waals surface area contributed by atoms with Crippen LogP contribution >= 0.6 is 11.6 Å². The molecule has 2 atom stereocenters. The lowest BCUT2D eigenvalue weighted by Gasteiger charge is -2.35. The number of aromatic nitrogens is 4. The van der Waals surface area contributed by atoms with Gasteiger partial charge >= 0.3 is 0 Å². The molecule has 0 spiro atoms. The summed E-state index contributed by atoms with van der Waals surface area (Å²) < 4.78 is 7.62. The number of hydrogen-bond acceptors (Lipinski definition) is 6. The van der Waals surface area contributed by atoms with Gasteiger partial charge in [0.05, 0.1) is 23.8 Å². The molecule has 0 unspecified atom stereocenters. The number of hydrogen-bond donors (Lipinski definition) is 1. The molecule has 3 aromatic rings. The van der Waals surface area contributed by atoms with E-state index in [2.05, 4.69) is 29.2 Å². The molecule has 27 heavy (non-hydrogen) atoms. The Labute approximate surface area is 163 Å². The third-order valence-electron chi connectivity index (χ3n) is 4.72. The van der Waals surface area contributed by atoms with Crippen molar-refractivity contribution in [3.63, 3.8) is 0 Å². The third-order valence-corrected chi connectivity index (χ3v) is 4.96. The quantitative estimate of drug-likeness (QED) is 0.740. The van der Waals surface area contributed by atoms with Gasteiger partial charge in [0, 0.05) is 30.8 Å². The van der Waals surface area contributed by atoms with Crippen molar-refractivity contribution in [2.75, 3.05) is 23.3 Å². The molecule has 1 aromatic carbocycles. The summed E-state index contributed by atoms with van der Waals surface area (Å²) in [5.74, 6) is 1.42. The second kappa shape index (κ2) is 6.98. The number of morpholine rings is 1. The van der Waals surface area contributed by atoms with Crippen LogP contribution in [-0.4, -0.2) is 45.0 Å². The fourth-order valence-electron chi connectivity index (χ4n) is 3.48. The van der Waals surface area contributed by atoms with Gasteiger partial charge in [-0.3, -0.25) is 4.68 Å². The van der Waals surface area contributed by atoms with Gasteiger partial charge in [0.2, 0.25) is 5.95 Å². The van der Waals surface area contributed by atoms with Crippen molar-refractivity contribution in [2.45, 2.75) is 33.0 Å². The summed E-state index contributed by atoms with van der Waals surface area (Å²) in [6.45, 7) is 7.67. The van der Waals surface area contributed by atoms with Crippen LogP contribution in [0.1, 0.15) is 19.4 Å². The van der Waals surface area contributed by atoms with E-state index >= 15 is 0 Å². The molecule has 1 aliphatic rings. The molecular weight excluding hydrogens is 364 g/mol. The standard InChI is InChI=1S/C19H23ClN6O/c1-11-7-14(20)5-6-16(11)22-17-15-8-21-25(4)18(15)24-19(23-17)26-9-12(2)27-13(3)10-26/h5-8,12-13H,9-10H2,1-4H3,(H,22,23,24)/t12-,13-/m0/s1. The first-order valence-corrected chi connectivity index (χ1v) is 9.42. The topological polar surface area (TPSA) is 68.1 Å². The molecular formula is C19H23ClN6O. The molecule has 1 saturated heterocycles. The Morgan fingerprint density at radius 2 is 1.93 bits per heavy atom. The van der Waals surface area contributed by atoms with E-state index in [-0.39, 0.29) is 12.2 Å². The maximum Gasteiger partial charge on any atom is 0.229 e. The molecule has 2 aromatic heterocycles. The van der Waals surface area contributed by atoms with Crippen LogP contribution in [-0.2, 0) is 11.8 Å². The van der Waals surface area contributed by atoms with Crippen LogP contribution in [0, 0.1) is 6.92 Å². The van der Waals surface area contributed by atoms with E-state index in [9.17, 15) is 0 Å². The van der Waals surface area contributed by atoms with Crippen molar-refractivity contribution in [3.8, 4) is 0 Å². The number of rotatable bonds is 3. The van der Waals surface area contributed by atoms with Gasteiger partial charge in [-0.1, -0.05) is 11.6 Å². The summed E-state index contributed by atoms with van der Waals surface area (Å²) >= 11 is 6.09. The zero-order chi connectivity index (χ0) is 19.1. The molecule has 1 fully saturated rings. The monoisotopic (exact) mass is 386 g/mol. The molecule has 4 rings (SSSR count). The Kier molecular flexibility index (Phi) is 4.65. The highest BCUT2D eigenvalue weighted by atomic mass is 35.5. The molecule has 0 aliphatic carbocycles. The maximum absolute atomic E-state index is 6.09. The van der Waals surface area contributed by atoms with E-state index in [4.69, 9.17) is 26.3 Å². The Morgan fingerprint density at radius 1 is 1.19 bits per heavy atom. The SMILES string of the molecule is Cc1cc(Cl)ccc1Nc1nc(N2C[C@H](C)O[C@@H](C)C2)nc2c1cnn2C. The molecule has 1 N–H and O–H groups in total. The smallest absolute Gasteiger partial charge is 0.229 e. The molecule has 8 heteroatoms. The van der Waals surface area contributed by atoms with E-state index in [1.165, 1.54) is 0 Å². The number of nitrogens with one attached hydrogen (secondary N) is 1. The van der Waals surface area contributed by atoms with Gasteiger partial charge in [0.25, 0.3) is 0 Å². The number of benzene rings is 1. The van der Waals surface area contributed by atoms with Gasteiger partial charge in [-0.2, -0.15) is 15.1 Å². The van der Waals surface area contributed by atoms with Crippen molar-refractivity contribution in [3.05, 3.63) is 35.0 Å². The molecule has 1 aliphatic heterocycles. The van der Waals surface area contributed by atoms with Gasteiger partial charge < -0.3 is 15.0 Å². The van der Waals surface area contributed by atoms with E-state index in [1.54, 1.807) is 10.9 Å². The van der Waals surface area contributed by atoms with Crippen LogP contribution < -0.4 is 10.2 Å². The van der Waals surface area contributed by atoms with E-state index in [0.29, 0.717) is 11.0 Å². The first-order chi connectivity index (χ1) is 12.9. The summed E-state index contributed by atoms with van der Waals surface area (Å²) in [6, 6.07) is 5.75. The summed E-state index contributed by atoms with van der Waals surface area (Å²) in [5, 5.41) is 9.39. The molecule has 0 radical (unpaired) electrons. The van der Waals surface area contributed by atoms with Crippen LogP contribution in [0.4, 0.5) is 17.5 Å². The Morgan fingerprint density at radius 3 is 2.63 bits per heavy atom. The lowest BCUT2D eigenvalue weighted by Crippen LogP contribution is -2.46. The lowest BCUT2D eigenvalue weighted by atomic mass is 10.2. The van der Waals surface area contributed by atoms with Crippen LogP contribution in [0.25, 0.3) is 11.0 Å². The van der Waals surface area contributed by atoms with Crippen LogP contribution in [0.5, 0.6) is 0 Å². The van der Waals surface area contributed by atoms with Crippen molar-refractivity contribution >= 4 is 40.1 Å². The fourth-order valence-corrected chi connectivity index (χ4v) is 3.71. The fraction of sp³-hybridized carbons (Fsp3) is 0.421. The molecule has 7 nitrogen and oxygen atoms in total. The number of ether oxygens (including phenoxy) is 1. The average Bonchev–Trinajstić information content (AvgIpc) is 2.98. The highest BCUT2D eigenvalue weighted by molar-refractivity contribution is 6.30. The van der Waals surface area contributed by atoms with E-state index in [1.807, 2.05) is 32.2 Å². The minimum absolute atomic E-state index is 0.134. The maximum atomic E-state index is 6.09. The summed E-state index contributed by atoms with van der Waals surface area (Å²) in [5.41, 5.74) is 2.80. The summed E-state index contributed by atoms with van der Waals surface area (Å²) in [7, 11) is 1.89. The van der Waals surface area contributed by atoms with Gasteiger partial charge in [-0.25, -0.2) is 0 Å². The molecule has 0 bridgehead atoms. The highest BCUT2D eigenvalue weighted by Crippen LogP contribution is 2.29. The Bertz CT molecular complexity index is 978. The normalized spacial score (nSPS) is 20.3. The molecule has 142 valence electrons. The largest absolute Gasteiger partial charge is 0.372 e. The Balaban J connectivity index is 1.77. The van der Waals surface area contributed by atoms with Gasteiger partial charge in [0.1, 0.15) is 5.82 Å². The third kappa shape index (κ3) is 3.57. The summed E-state index contributed by atoms with van der Waals surface area (Å²) in [4.78, 5) is 11.8. The van der Waals surface area contributed by atoms with Crippen molar-refractivity contribution < 1.29 is 4.74 Å². The van der Waals surface area contributed by atoms with Crippen molar-refractivity contribution in [1.29, 1.82) is 0 Å². The van der Waals surface area contributed by atoms with Crippen LogP contribution in [0.2, 0.25) is 5.02 Å². The number of halogens is 1. The lowest BCUT2D eigenvalue weighted by molar-refractivity contribution is -0.00569. The highest BCUT2D eigenvalue weighted by Gasteiger charge is 2.25. The van der Waals surface area contributed by atoms with Crippen molar-refractivity contribution in [2.24, 2.45) is 7.05 Å². The molecule has 3 heterocycles. The van der Waals surface area contributed by atoms with Gasteiger partial charge in [0.15, 0.2) is 5.65 Å². The van der Waals surface area contributed by atoms with Gasteiger partial charge in [-0.15, -0.1) is 0 Å². The number of anilines is 3. The zero-order valence-electron chi connectivity index (χ0n) is 15.9. The average molecular weight is 387 g/mol.